The lowest BCUT2D eigenvalue weighted by molar-refractivity contribution is -0.139. The van der Waals surface area contributed by atoms with Gasteiger partial charge in [0, 0.05) is 31.6 Å². The zero-order chi connectivity index (χ0) is 12.5. The fourth-order valence-electron chi connectivity index (χ4n) is 3.56. The van der Waals surface area contributed by atoms with Gasteiger partial charge in [-0.15, -0.1) is 0 Å². The Morgan fingerprint density at radius 3 is 2.83 bits per heavy atom. The number of nitrogens with zero attached hydrogens (tertiary/aromatic N) is 2. The molecule has 102 valence electrons. The molecule has 4 heteroatoms. The van der Waals surface area contributed by atoms with E-state index in [0.717, 1.165) is 32.6 Å². The molecule has 0 aliphatic carbocycles. The molecule has 0 bridgehead atoms. The van der Waals surface area contributed by atoms with E-state index in [2.05, 4.69) is 22.0 Å². The van der Waals surface area contributed by atoms with Gasteiger partial charge in [-0.2, -0.15) is 0 Å². The highest BCUT2D eigenvalue weighted by molar-refractivity contribution is 5.77. The number of carbonyl (C=O) groups excluding carboxylic acids is 1. The molecule has 18 heavy (non-hydrogen) atoms. The summed E-state index contributed by atoms with van der Waals surface area (Å²) in [5, 5.41) is 3.25. The zero-order valence-corrected chi connectivity index (χ0v) is 11.4. The maximum atomic E-state index is 12.4. The van der Waals surface area contributed by atoms with Crippen molar-refractivity contribution in [1.29, 1.82) is 0 Å². The van der Waals surface area contributed by atoms with Crippen molar-refractivity contribution in [3.63, 3.8) is 0 Å². The molecule has 0 spiro atoms. The van der Waals surface area contributed by atoms with Crippen molar-refractivity contribution in [3.05, 3.63) is 0 Å². The summed E-state index contributed by atoms with van der Waals surface area (Å²) in [7, 11) is 0. The lowest BCUT2D eigenvalue weighted by Gasteiger charge is -2.48. The summed E-state index contributed by atoms with van der Waals surface area (Å²) < 4.78 is 0. The average molecular weight is 251 g/mol. The minimum atomic E-state index is 0.388. The predicted molar refractivity (Wildman–Crippen MR) is 71.4 cm³/mol. The number of fused-ring (bicyclic) bond motifs is 1. The van der Waals surface area contributed by atoms with Crippen molar-refractivity contribution in [3.8, 4) is 0 Å². The molecule has 4 nitrogen and oxygen atoms in total. The molecule has 3 heterocycles. The summed E-state index contributed by atoms with van der Waals surface area (Å²) in [5.41, 5.74) is 0. The monoisotopic (exact) mass is 251 g/mol. The Bertz CT molecular complexity index is 316. The third-order valence-electron chi connectivity index (χ3n) is 4.84. The minimum Gasteiger partial charge on any atom is -0.337 e. The van der Waals surface area contributed by atoms with Gasteiger partial charge in [0.1, 0.15) is 0 Å². The minimum absolute atomic E-state index is 0.388. The van der Waals surface area contributed by atoms with E-state index in [-0.39, 0.29) is 0 Å². The normalized spacial score (nSPS) is 33.9. The highest BCUT2D eigenvalue weighted by atomic mass is 16.2. The standard InChI is InChI=1S/C14H25N3O/c1-11-9-16-5-3-2-4-13(16)10-17(11)14(18)6-12-7-15-8-12/h11-13,15H,2-10H2,1H3. The first kappa shape index (κ1) is 12.4. The highest BCUT2D eigenvalue weighted by Gasteiger charge is 2.36. The molecule has 2 atom stereocenters. The van der Waals surface area contributed by atoms with Gasteiger partial charge in [0.25, 0.3) is 0 Å². The van der Waals surface area contributed by atoms with Crippen LogP contribution in [0.4, 0.5) is 0 Å². The van der Waals surface area contributed by atoms with Crippen molar-refractivity contribution < 1.29 is 4.79 Å². The Morgan fingerprint density at radius 1 is 1.28 bits per heavy atom. The fraction of sp³-hybridized carbons (Fsp3) is 0.929. The van der Waals surface area contributed by atoms with Crippen LogP contribution in [0.25, 0.3) is 0 Å². The fourth-order valence-corrected chi connectivity index (χ4v) is 3.56. The lowest BCUT2D eigenvalue weighted by Crippen LogP contribution is -2.60. The van der Waals surface area contributed by atoms with Crippen LogP contribution in [0.3, 0.4) is 0 Å². The molecule has 0 aromatic carbocycles. The van der Waals surface area contributed by atoms with Crippen LogP contribution in [-0.4, -0.2) is 60.5 Å². The van der Waals surface area contributed by atoms with E-state index in [9.17, 15) is 4.79 Å². The molecule has 3 aliphatic rings. The number of piperazine rings is 1. The highest BCUT2D eigenvalue weighted by Crippen LogP contribution is 2.25. The number of hydrogen-bond donors (Lipinski definition) is 1. The number of amides is 1. The second-order valence-electron chi connectivity index (χ2n) is 6.27. The maximum absolute atomic E-state index is 12.4. The smallest absolute Gasteiger partial charge is 0.223 e. The van der Waals surface area contributed by atoms with Crippen LogP contribution in [0, 0.1) is 5.92 Å². The van der Waals surface area contributed by atoms with Crippen LogP contribution < -0.4 is 5.32 Å². The van der Waals surface area contributed by atoms with Crippen molar-refractivity contribution >= 4 is 5.91 Å². The van der Waals surface area contributed by atoms with E-state index in [1.807, 2.05) is 0 Å². The Kier molecular flexibility index (Phi) is 3.57. The summed E-state index contributed by atoms with van der Waals surface area (Å²) in [6, 6.07) is 1.04. The third-order valence-corrected chi connectivity index (χ3v) is 4.84. The molecule has 1 amide bonds. The van der Waals surface area contributed by atoms with Crippen LogP contribution in [0.15, 0.2) is 0 Å². The van der Waals surface area contributed by atoms with Crippen LogP contribution in [0.1, 0.15) is 32.6 Å². The van der Waals surface area contributed by atoms with E-state index in [1.165, 1.54) is 25.8 Å². The van der Waals surface area contributed by atoms with Crippen molar-refractivity contribution in [2.45, 2.75) is 44.7 Å². The van der Waals surface area contributed by atoms with Crippen molar-refractivity contribution in [2.24, 2.45) is 5.92 Å². The van der Waals surface area contributed by atoms with E-state index < -0.39 is 0 Å². The van der Waals surface area contributed by atoms with Gasteiger partial charge in [-0.25, -0.2) is 0 Å². The van der Waals surface area contributed by atoms with Crippen LogP contribution >= 0.6 is 0 Å². The Balaban J connectivity index is 1.59. The summed E-state index contributed by atoms with van der Waals surface area (Å²) in [5.74, 6) is 0.980. The summed E-state index contributed by atoms with van der Waals surface area (Å²) >= 11 is 0. The van der Waals surface area contributed by atoms with Gasteiger partial charge in [0.15, 0.2) is 0 Å². The number of rotatable bonds is 2. The summed E-state index contributed by atoms with van der Waals surface area (Å²) in [6.07, 6.45) is 4.71. The maximum Gasteiger partial charge on any atom is 0.223 e. The first-order valence-electron chi connectivity index (χ1n) is 7.48. The van der Waals surface area contributed by atoms with Gasteiger partial charge >= 0.3 is 0 Å². The zero-order valence-electron chi connectivity index (χ0n) is 11.4. The molecule has 0 saturated carbocycles. The van der Waals surface area contributed by atoms with Gasteiger partial charge in [0.05, 0.1) is 0 Å². The largest absolute Gasteiger partial charge is 0.337 e. The quantitative estimate of drug-likeness (QED) is 0.784. The van der Waals surface area contributed by atoms with Crippen molar-refractivity contribution in [2.75, 3.05) is 32.7 Å². The Labute approximate surface area is 110 Å². The number of piperidine rings is 1. The molecule has 3 saturated heterocycles. The summed E-state index contributed by atoms with van der Waals surface area (Å²) in [6.45, 7) is 7.57. The molecule has 2 unspecified atom stereocenters. The van der Waals surface area contributed by atoms with Crippen molar-refractivity contribution in [1.82, 2.24) is 15.1 Å². The van der Waals surface area contributed by atoms with Gasteiger partial charge in [0.2, 0.25) is 5.91 Å². The molecule has 3 aliphatic heterocycles. The average Bonchev–Trinajstić information content (AvgIpc) is 2.32. The Hall–Kier alpha value is -0.610. The molecule has 1 N–H and O–H groups in total. The molecule has 0 aromatic rings. The van der Waals surface area contributed by atoms with Crippen LogP contribution in [-0.2, 0) is 4.79 Å². The molecule has 3 fully saturated rings. The molecule has 0 radical (unpaired) electrons. The molecule has 3 rings (SSSR count). The summed E-state index contributed by atoms with van der Waals surface area (Å²) in [4.78, 5) is 17.1. The second kappa shape index (κ2) is 5.17. The molecular formula is C14H25N3O. The lowest BCUT2D eigenvalue weighted by atomic mass is 9.94. The van der Waals surface area contributed by atoms with Crippen LogP contribution in [0.2, 0.25) is 0 Å². The van der Waals surface area contributed by atoms with E-state index in [1.54, 1.807) is 0 Å². The topological polar surface area (TPSA) is 35.6 Å². The van der Waals surface area contributed by atoms with Gasteiger partial charge in [-0.1, -0.05) is 6.42 Å². The number of hydrogen-bond acceptors (Lipinski definition) is 3. The van der Waals surface area contributed by atoms with Gasteiger partial charge < -0.3 is 10.2 Å². The first-order chi connectivity index (χ1) is 8.74. The molecule has 0 aromatic heterocycles. The first-order valence-corrected chi connectivity index (χ1v) is 7.48. The molecular weight excluding hydrogens is 226 g/mol. The number of nitrogens with one attached hydrogen (secondary N) is 1. The Morgan fingerprint density at radius 2 is 2.11 bits per heavy atom. The van der Waals surface area contributed by atoms with Gasteiger partial charge in [-0.05, 0) is 45.3 Å². The predicted octanol–water partition coefficient (Wildman–Crippen LogP) is 0.681. The number of carbonyl (C=O) groups is 1. The van der Waals surface area contributed by atoms with E-state index >= 15 is 0 Å². The second-order valence-corrected chi connectivity index (χ2v) is 6.27. The van der Waals surface area contributed by atoms with Crippen LogP contribution in [0.5, 0.6) is 0 Å². The van der Waals surface area contributed by atoms with E-state index in [4.69, 9.17) is 0 Å². The third kappa shape index (κ3) is 2.41. The SMILES string of the molecule is CC1CN2CCCCC2CN1C(=O)CC1CNC1. The van der Waals surface area contributed by atoms with Gasteiger partial charge in [-0.3, -0.25) is 9.69 Å². The van der Waals surface area contributed by atoms with E-state index in [0.29, 0.717) is 23.9 Å².